The lowest BCUT2D eigenvalue weighted by molar-refractivity contribution is -0.142. The molecule has 3 rings (SSSR count). The van der Waals surface area contributed by atoms with E-state index in [0.29, 0.717) is 47.5 Å². The minimum absolute atomic E-state index is 0.0950. The van der Waals surface area contributed by atoms with E-state index < -0.39 is 5.41 Å². The van der Waals surface area contributed by atoms with Crippen LogP contribution in [-0.2, 0) is 19.7 Å². The Morgan fingerprint density at radius 3 is 2.59 bits per heavy atom. The smallest absolute Gasteiger partial charge is 0.245 e. The number of nitrogens with one attached hydrogen (secondary N) is 1. The second-order valence-electron chi connectivity index (χ2n) is 7.25. The van der Waals surface area contributed by atoms with Crippen molar-refractivity contribution in [2.75, 3.05) is 32.1 Å². The van der Waals surface area contributed by atoms with Crippen molar-refractivity contribution in [1.82, 2.24) is 9.88 Å². The summed E-state index contributed by atoms with van der Waals surface area (Å²) in [4.78, 5) is 31.5. The normalized spacial score (nSPS) is 15.6. The fraction of sp³-hybridized carbons (Fsp3) is 0.381. The van der Waals surface area contributed by atoms with Gasteiger partial charge in [-0.05, 0) is 55.2 Å². The van der Waals surface area contributed by atoms with Crippen molar-refractivity contribution in [1.29, 1.82) is 0 Å². The van der Waals surface area contributed by atoms with Crippen LogP contribution in [0.1, 0.15) is 24.0 Å². The van der Waals surface area contributed by atoms with Gasteiger partial charge in [-0.1, -0.05) is 29.3 Å². The number of ether oxygens (including phenoxy) is 1. The molecular formula is C21H23Cl2N3O3. The number of nitrogens with zero attached hydrogens (tertiary/aromatic N) is 2. The van der Waals surface area contributed by atoms with Crippen LogP contribution < -0.4 is 5.32 Å². The van der Waals surface area contributed by atoms with E-state index in [-0.39, 0.29) is 18.4 Å². The highest BCUT2D eigenvalue weighted by Gasteiger charge is 2.44. The minimum Gasteiger partial charge on any atom is -0.381 e. The minimum atomic E-state index is -0.851. The molecule has 2 amide bonds. The van der Waals surface area contributed by atoms with Crippen LogP contribution >= 0.6 is 23.2 Å². The number of halogens is 2. The number of carbonyl (C=O) groups is 2. The van der Waals surface area contributed by atoms with Gasteiger partial charge in [-0.3, -0.25) is 9.59 Å². The van der Waals surface area contributed by atoms with Gasteiger partial charge in [0.15, 0.2) is 0 Å². The molecule has 1 aliphatic rings. The molecule has 1 N–H and O–H groups in total. The van der Waals surface area contributed by atoms with Gasteiger partial charge in [-0.2, -0.15) is 0 Å². The fourth-order valence-corrected chi connectivity index (χ4v) is 4.22. The lowest BCUT2D eigenvalue weighted by atomic mass is 9.73. The Morgan fingerprint density at radius 1 is 1.21 bits per heavy atom. The van der Waals surface area contributed by atoms with E-state index in [4.69, 9.17) is 27.9 Å². The summed E-state index contributed by atoms with van der Waals surface area (Å²) in [6.07, 6.45) is 2.59. The summed E-state index contributed by atoms with van der Waals surface area (Å²) in [7, 11) is 1.62. The van der Waals surface area contributed by atoms with Crippen molar-refractivity contribution in [3.05, 3.63) is 57.7 Å². The number of rotatable bonds is 5. The second-order valence-corrected chi connectivity index (χ2v) is 8.09. The second kappa shape index (κ2) is 9.11. The summed E-state index contributed by atoms with van der Waals surface area (Å²) in [5, 5.41) is 3.68. The molecule has 0 atom stereocenters. The fourth-order valence-electron chi connectivity index (χ4n) is 3.64. The molecule has 1 aliphatic heterocycles. The third kappa shape index (κ3) is 4.89. The van der Waals surface area contributed by atoms with Crippen LogP contribution in [0.4, 0.5) is 5.82 Å². The van der Waals surface area contributed by atoms with Gasteiger partial charge < -0.3 is 15.0 Å². The Balaban J connectivity index is 1.79. The SMILES string of the molecule is Cc1ccnc(NC(=O)CN(C)C(=O)C2(c3ccc(Cl)cc3Cl)CCOCC2)c1. The highest BCUT2D eigenvalue weighted by Crippen LogP contribution is 2.41. The molecule has 0 saturated carbocycles. The zero-order chi connectivity index (χ0) is 21.0. The van der Waals surface area contributed by atoms with Gasteiger partial charge >= 0.3 is 0 Å². The molecule has 1 aromatic carbocycles. The summed E-state index contributed by atoms with van der Waals surface area (Å²) >= 11 is 12.5. The number of carbonyl (C=O) groups excluding carboxylic acids is 2. The first kappa shape index (κ1) is 21.6. The van der Waals surface area contributed by atoms with Crippen molar-refractivity contribution in [2.45, 2.75) is 25.2 Å². The number of anilines is 1. The molecule has 1 aromatic heterocycles. The number of hydrogen-bond acceptors (Lipinski definition) is 4. The Bertz CT molecular complexity index is 914. The average molecular weight is 436 g/mol. The predicted octanol–water partition coefficient (Wildman–Crippen LogP) is 3.84. The van der Waals surface area contributed by atoms with E-state index in [2.05, 4.69) is 10.3 Å². The standard InChI is InChI=1S/C21H23Cl2N3O3/c1-14-5-8-24-18(11-14)25-19(27)13-26(2)20(28)21(6-9-29-10-7-21)16-4-3-15(22)12-17(16)23/h3-5,8,11-12H,6-7,9-10,13H2,1-2H3,(H,24,25,27). The molecule has 1 saturated heterocycles. The Morgan fingerprint density at radius 2 is 1.93 bits per heavy atom. The molecule has 29 heavy (non-hydrogen) atoms. The number of pyridine rings is 1. The average Bonchev–Trinajstić information content (AvgIpc) is 2.67. The van der Waals surface area contributed by atoms with Crippen molar-refractivity contribution in [3.8, 4) is 0 Å². The van der Waals surface area contributed by atoms with Crippen LogP contribution in [0.2, 0.25) is 10.0 Å². The first-order valence-corrected chi connectivity index (χ1v) is 10.1. The molecule has 0 aliphatic carbocycles. The predicted molar refractivity (Wildman–Crippen MR) is 113 cm³/mol. The Kier molecular flexibility index (Phi) is 6.77. The molecule has 2 heterocycles. The Hall–Kier alpha value is -2.15. The van der Waals surface area contributed by atoms with Crippen LogP contribution in [0.25, 0.3) is 0 Å². The summed E-state index contributed by atoms with van der Waals surface area (Å²) in [6.45, 7) is 2.70. The monoisotopic (exact) mass is 435 g/mol. The van der Waals surface area contributed by atoms with Crippen LogP contribution in [-0.4, -0.2) is 48.5 Å². The largest absolute Gasteiger partial charge is 0.381 e. The zero-order valence-corrected chi connectivity index (χ0v) is 17.9. The maximum atomic E-state index is 13.5. The molecule has 0 radical (unpaired) electrons. The highest BCUT2D eigenvalue weighted by molar-refractivity contribution is 6.35. The van der Waals surface area contributed by atoms with Crippen molar-refractivity contribution in [2.24, 2.45) is 0 Å². The number of aromatic nitrogens is 1. The van der Waals surface area contributed by atoms with Crippen LogP contribution in [0.3, 0.4) is 0 Å². The van der Waals surface area contributed by atoms with E-state index in [9.17, 15) is 9.59 Å². The van der Waals surface area contributed by atoms with E-state index in [1.54, 1.807) is 37.5 Å². The summed E-state index contributed by atoms with van der Waals surface area (Å²) in [5.74, 6) is -0.0295. The molecule has 6 nitrogen and oxygen atoms in total. The third-order valence-corrected chi connectivity index (χ3v) is 5.66. The van der Waals surface area contributed by atoms with Crippen LogP contribution in [0.5, 0.6) is 0 Å². The number of aryl methyl sites for hydroxylation is 1. The number of benzene rings is 1. The number of likely N-dealkylation sites (N-methyl/N-ethyl adjacent to an activating group) is 1. The lowest BCUT2D eigenvalue weighted by Gasteiger charge is -2.39. The van der Waals surface area contributed by atoms with Gasteiger partial charge in [0, 0.05) is 36.5 Å². The van der Waals surface area contributed by atoms with Crippen LogP contribution in [0.15, 0.2) is 36.5 Å². The zero-order valence-electron chi connectivity index (χ0n) is 16.4. The number of hydrogen-bond donors (Lipinski definition) is 1. The van der Waals surface area contributed by atoms with Crippen molar-refractivity contribution in [3.63, 3.8) is 0 Å². The maximum Gasteiger partial charge on any atom is 0.245 e. The van der Waals surface area contributed by atoms with Gasteiger partial charge in [-0.25, -0.2) is 4.98 Å². The molecule has 154 valence electrons. The van der Waals surface area contributed by atoms with E-state index in [1.165, 1.54) is 4.90 Å². The summed E-state index contributed by atoms with van der Waals surface area (Å²) < 4.78 is 5.48. The first-order valence-electron chi connectivity index (χ1n) is 9.33. The summed E-state index contributed by atoms with van der Waals surface area (Å²) in [5.41, 5.74) is 0.846. The third-order valence-electron chi connectivity index (χ3n) is 5.11. The molecule has 8 heteroatoms. The van der Waals surface area contributed by atoms with Gasteiger partial charge in [0.1, 0.15) is 5.82 Å². The van der Waals surface area contributed by atoms with Crippen LogP contribution in [0, 0.1) is 6.92 Å². The highest BCUT2D eigenvalue weighted by atomic mass is 35.5. The van der Waals surface area contributed by atoms with Gasteiger partial charge in [-0.15, -0.1) is 0 Å². The molecular weight excluding hydrogens is 413 g/mol. The molecule has 2 aromatic rings. The van der Waals surface area contributed by atoms with Gasteiger partial charge in [0.2, 0.25) is 11.8 Å². The van der Waals surface area contributed by atoms with E-state index in [0.717, 1.165) is 5.56 Å². The molecule has 0 spiro atoms. The van der Waals surface area contributed by atoms with Gasteiger partial charge in [0.25, 0.3) is 0 Å². The van der Waals surface area contributed by atoms with Crippen molar-refractivity contribution >= 4 is 40.8 Å². The maximum absolute atomic E-state index is 13.5. The topological polar surface area (TPSA) is 71.5 Å². The molecule has 0 bridgehead atoms. The quantitative estimate of drug-likeness (QED) is 0.773. The van der Waals surface area contributed by atoms with Gasteiger partial charge in [0.05, 0.1) is 12.0 Å². The number of amides is 2. The van der Waals surface area contributed by atoms with Crippen molar-refractivity contribution < 1.29 is 14.3 Å². The summed E-state index contributed by atoms with van der Waals surface area (Å²) in [6, 6.07) is 8.77. The van der Waals surface area contributed by atoms with E-state index >= 15 is 0 Å². The molecule has 0 unspecified atom stereocenters. The first-order chi connectivity index (χ1) is 13.8. The lowest BCUT2D eigenvalue weighted by Crippen LogP contribution is -2.50. The molecule has 1 fully saturated rings. The Labute approximate surface area is 180 Å². The van der Waals surface area contributed by atoms with E-state index in [1.807, 2.05) is 13.0 Å².